The van der Waals surface area contributed by atoms with Crippen molar-refractivity contribution in [3.05, 3.63) is 69.2 Å². The average Bonchev–Trinajstić information content (AvgIpc) is 3.30. The van der Waals surface area contributed by atoms with Gasteiger partial charge in [0.05, 0.1) is 16.6 Å². The van der Waals surface area contributed by atoms with Crippen molar-refractivity contribution >= 4 is 35.0 Å². The van der Waals surface area contributed by atoms with Crippen LogP contribution in [0.3, 0.4) is 0 Å². The van der Waals surface area contributed by atoms with Crippen molar-refractivity contribution in [2.45, 2.75) is 38.1 Å². The second-order valence-electron chi connectivity index (χ2n) is 8.81. The van der Waals surface area contributed by atoms with Gasteiger partial charge in [-0.05, 0) is 69.0 Å². The lowest BCUT2D eigenvalue weighted by Crippen LogP contribution is -2.44. The highest BCUT2D eigenvalue weighted by Gasteiger charge is 2.32. The van der Waals surface area contributed by atoms with Crippen LogP contribution >= 0.6 is 23.2 Å². The summed E-state index contributed by atoms with van der Waals surface area (Å²) >= 11 is 11.9. The number of likely N-dealkylation sites (tertiary alicyclic amines) is 2. The quantitative estimate of drug-likeness (QED) is 0.694. The Balaban J connectivity index is 1.23. The summed E-state index contributed by atoms with van der Waals surface area (Å²) in [5, 5.41) is 3.41. The second-order valence-corrected chi connectivity index (χ2v) is 9.63. The lowest BCUT2D eigenvalue weighted by atomic mass is 9.88. The van der Waals surface area contributed by atoms with Gasteiger partial charge in [0.25, 0.3) is 5.91 Å². The minimum Gasteiger partial charge on any atom is -0.343 e. The van der Waals surface area contributed by atoms with Crippen LogP contribution in [-0.4, -0.2) is 60.4 Å². The molecule has 32 heavy (non-hydrogen) atoms. The van der Waals surface area contributed by atoms with E-state index in [1.54, 1.807) is 12.1 Å². The summed E-state index contributed by atoms with van der Waals surface area (Å²) in [7, 11) is 0. The molecule has 1 N–H and O–H groups in total. The first-order chi connectivity index (χ1) is 15.4. The molecular weight excluding hydrogens is 445 g/mol. The highest BCUT2D eigenvalue weighted by atomic mass is 35.5. The van der Waals surface area contributed by atoms with E-state index >= 15 is 0 Å². The maximum atomic E-state index is 12.6. The first kappa shape index (κ1) is 23.1. The molecule has 2 saturated heterocycles. The molecule has 5 nitrogen and oxygen atoms in total. The first-order valence-electron chi connectivity index (χ1n) is 11.2. The zero-order valence-electron chi connectivity index (χ0n) is 18.3. The first-order valence-corrected chi connectivity index (χ1v) is 12.0. The van der Waals surface area contributed by atoms with Gasteiger partial charge in [0.1, 0.15) is 0 Å². The summed E-state index contributed by atoms with van der Waals surface area (Å²) in [4.78, 5) is 29.4. The number of amides is 2. The van der Waals surface area contributed by atoms with E-state index in [1.807, 2.05) is 4.90 Å². The molecule has 2 amide bonds. The van der Waals surface area contributed by atoms with Crippen molar-refractivity contribution in [1.29, 1.82) is 0 Å². The number of carbonyl (C=O) groups is 2. The van der Waals surface area contributed by atoms with Crippen molar-refractivity contribution in [2.24, 2.45) is 0 Å². The Bertz CT molecular complexity index is 972. The Labute approximate surface area is 199 Å². The Morgan fingerprint density at radius 3 is 2.38 bits per heavy atom. The van der Waals surface area contributed by atoms with E-state index in [-0.39, 0.29) is 18.4 Å². The maximum Gasteiger partial charge on any atom is 0.251 e. The molecule has 0 aliphatic carbocycles. The molecule has 4 rings (SSSR count). The number of halogens is 2. The Kier molecular flexibility index (Phi) is 7.39. The molecule has 0 saturated carbocycles. The maximum absolute atomic E-state index is 12.6. The van der Waals surface area contributed by atoms with Crippen LogP contribution in [-0.2, 0) is 4.79 Å². The van der Waals surface area contributed by atoms with Crippen LogP contribution in [0.25, 0.3) is 0 Å². The minimum absolute atomic E-state index is 0.0126. The number of hydrogen-bond acceptors (Lipinski definition) is 3. The number of rotatable bonds is 5. The summed E-state index contributed by atoms with van der Waals surface area (Å²) in [5.41, 5.74) is 3.13. The molecule has 2 heterocycles. The summed E-state index contributed by atoms with van der Waals surface area (Å²) in [6.45, 7) is 5.72. The van der Waals surface area contributed by atoms with E-state index in [1.165, 1.54) is 17.2 Å². The monoisotopic (exact) mass is 473 g/mol. The smallest absolute Gasteiger partial charge is 0.251 e. The van der Waals surface area contributed by atoms with Crippen molar-refractivity contribution in [1.82, 2.24) is 15.1 Å². The minimum atomic E-state index is -0.328. The predicted molar refractivity (Wildman–Crippen MR) is 129 cm³/mol. The van der Waals surface area contributed by atoms with Gasteiger partial charge >= 0.3 is 0 Å². The molecular formula is C25H29Cl2N3O2. The van der Waals surface area contributed by atoms with E-state index in [2.05, 4.69) is 41.4 Å². The fourth-order valence-corrected chi connectivity index (χ4v) is 5.01. The van der Waals surface area contributed by atoms with Crippen molar-refractivity contribution in [3.63, 3.8) is 0 Å². The molecule has 2 aromatic rings. The summed E-state index contributed by atoms with van der Waals surface area (Å²) < 4.78 is 0. The average molecular weight is 474 g/mol. The molecule has 0 aromatic heterocycles. The highest BCUT2D eigenvalue weighted by molar-refractivity contribution is 6.42. The molecule has 1 unspecified atom stereocenters. The Morgan fingerprint density at radius 1 is 0.969 bits per heavy atom. The topological polar surface area (TPSA) is 52.6 Å². The van der Waals surface area contributed by atoms with Crippen molar-refractivity contribution < 1.29 is 9.59 Å². The lowest BCUT2D eigenvalue weighted by Gasteiger charge is -2.36. The van der Waals surface area contributed by atoms with Gasteiger partial charge in [0, 0.05) is 24.7 Å². The van der Waals surface area contributed by atoms with Crippen LogP contribution in [0.5, 0.6) is 0 Å². The van der Waals surface area contributed by atoms with Gasteiger partial charge < -0.3 is 10.2 Å². The molecule has 170 valence electrons. The van der Waals surface area contributed by atoms with Gasteiger partial charge in [0.15, 0.2) is 0 Å². The summed E-state index contributed by atoms with van der Waals surface area (Å²) in [6.07, 6.45) is 3.31. The third kappa shape index (κ3) is 5.45. The van der Waals surface area contributed by atoms with Crippen LogP contribution in [0.2, 0.25) is 10.0 Å². The standard InChI is InChI=1S/C25H29Cl2N3O2/c1-17-2-4-18(5-3-17)19-8-11-29(12-9-19)21-10-13-30(16-21)24(31)15-28-25(32)20-6-7-22(26)23(27)14-20/h2-7,14,19,21H,8-13,15-16H2,1H3,(H,28,32). The van der Waals surface area contributed by atoms with Crippen LogP contribution in [0.15, 0.2) is 42.5 Å². The van der Waals surface area contributed by atoms with Gasteiger partial charge in [-0.1, -0.05) is 53.0 Å². The normalized spacial score (nSPS) is 19.8. The van der Waals surface area contributed by atoms with E-state index in [9.17, 15) is 9.59 Å². The highest BCUT2D eigenvalue weighted by Crippen LogP contribution is 2.30. The molecule has 7 heteroatoms. The Hall–Kier alpha value is -2.08. The number of piperidine rings is 1. The van der Waals surface area contributed by atoms with Gasteiger partial charge in [-0.3, -0.25) is 14.5 Å². The third-order valence-corrected chi connectivity index (χ3v) is 7.43. The molecule has 2 fully saturated rings. The number of hydrogen-bond donors (Lipinski definition) is 1. The molecule has 1 atom stereocenters. The van der Waals surface area contributed by atoms with Crippen LogP contribution in [0.1, 0.15) is 46.7 Å². The number of nitrogens with one attached hydrogen (secondary N) is 1. The lowest BCUT2D eigenvalue weighted by molar-refractivity contribution is -0.129. The number of benzene rings is 2. The molecule has 2 aromatic carbocycles. The van der Waals surface area contributed by atoms with Crippen LogP contribution in [0, 0.1) is 6.92 Å². The number of carbonyl (C=O) groups excluding carboxylic acids is 2. The largest absolute Gasteiger partial charge is 0.343 e. The molecule has 0 spiro atoms. The fourth-order valence-electron chi connectivity index (χ4n) is 4.71. The van der Waals surface area contributed by atoms with E-state index in [0.29, 0.717) is 27.6 Å². The van der Waals surface area contributed by atoms with E-state index in [4.69, 9.17) is 23.2 Å². The zero-order valence-corrected chi connectivity index (χ0v) is 19.8. The van der Waals surface area contributed by atoms with Crippen molar-refractivity contribution in [3.8, 4) is 0 Å². The van der Waals surface area contributed by atoms with Crippen LogP contribution < -0.4 is 5.32 Å². The van der Waals surface area contributed by atoms with Gasteiger partial charge in [0.2, 0.25) is 5.91 Å². The van der Waals surface area contributed by atoms with E-state index < -0.39 is 0 Å². The second kappa shape index (κ2) is 10.2. The molecule has 0 bridgehead atoms. The number of nitrogens with zero attached hydrogens (tertiary/aromatic N) is 2. The number of aryl methyl sites for hydroxylation is 1. The van der Waals surface area contributed by atoms with Gasteiger partial charge in [-0.2, -0.15) is 0 Å². The van der Waals surface area contributed by atoms with Gasteiger partial charge in [-0.15, -0.1) is 0 Å². The van der Waals surface area contributed by atoms with Gasteiger partial charge in [-0.25, -0.2) is 0 Å². The fraction of sp³-hybridized carbons (Fsp3) is 0.440. The third-order valence-electron chi connectivity index (χ3n) is 6.69. The molecule has 2 aliphatic rings. The SMILES string of the molecule is Cc1ccc(C2CCN(C3CCN(C(=O)CNC(=O)c4ccc(Cl)c(Cl)c4)C3)CC2)cc1. The Morgan fingerprint density at radius 2 is 1.69 bits per heavy atom. The van der Waals surface area contributed by atoms with E-state index in [0.717, 1.165) is 45.4 Å². The summed E-state index contributed by atoms with van der Waals surface area (Å²) in [5.74, 6) is 0.254. The predicted octanol–water partition coefficient (Wildman–Crippen LogP) is 4.51. The van der Waals surface area contributed by atoms with Crippen molar-refractivity contribution in [2.75, 3.05) is 32.7 Å². The zero-order chi connectivity index (χ0) is 22.7. The summed E-state index contributed by atoms with van der Waals surface area (Å²) in [6, 6.07) is 14.0. The van der Waals surface area contributed by atoms with Crippen LogP contribution in [0.4, 0.5) is 0 Å². The molecule has 2 aliphatic heterocycles. The molecule has 0 radical (unpaired) electrons.